The number of hydrogen-bond donors (Lipinski definition) is 1. The highest BCUT2D eigenvalue weighted by molar-refractivity contribution is 6.30. The van der Waals surface area contributed by atoms with Gasteiger partial charge in [-0.3, -0.25) is 19.7 Å². The molecule has 224 valence electrons. The predicted octanol–water partition coefficient (Wildman–Crippen LogP) is 2.81. The summed E-state index contributed by atoms with van der Waals surface area (Å²) in [4.78, 5) is 57.5. The van der Waals surface area contributed by atoms with Gasteiger partial charge in [0.05, 0.1) is 27.0 Å². The second kappa shape index (κ2) is 11.2. The van der Waals surface area contributed by atoms with Gasteiger partial charge in [-0.25, -0.2) is 9.69 Å². The van der Waals surface area contributed by atoms with Crippen LogP contribution in [0.15, 0.2) is 65.5 Å². The Morgan fingerprint density at radius 2 is 1.60 bits per heavy atom. The van der Waals surface area contributed by atoms with Gasteiger partial charge in [-0.05, 0) is 54.3 Å². The fraction of sp³-hybridized carbons (Fsp3) is 0.375. The number of imide groups is 2. The molecule has 3 aromatic rings. The van der Waals surface area contributed by atoms with Crippen LogP contribution in [0.3, 0.4) is 0 Å². The van der Waals surface area contributed by atoms with Crippen LogP contribution in [0.4, 0.5) is 10.5 Å². The lowest BCUT2D eigenvalue weighted by molar-refractivity contribution is -0.144. The number of nitrogens with one attached hydrogen (secondary N) is 1. The molecule has 11 nitrogen and oxygen atoms in total. The fourth-order valence-corrected chi connectivity index (χ4v) is 6.82. The van der Waals surface area contributed by atoms with Gasteiger partial charge in [0.2, 0.25) is 5.91 Å². The van der Waals surface area contributed by atoms with Crippen molar-refractivity contribution in [2.45, 2.75) is 25.3 Å². The minimum absolute atomic E-state index is 0.00729. The summed E-state index contributed by atoms with van der Waals surface area (Å²) in [5, 5.41) is 2.48. The van der Waals surface area contributed by atoms with Gasteiger partial charge >= 0.3 is 6.03 Å². The number of urea groups is 1. The molecule has 2 unspecified atom stereocenters. The predicted molar refractivity (Wildman–Crippen MR) is 158 cm³/mol. The zero-order chi connectivity index (χ0) is 30.3. The van der Waals surface area contributed by atoms with E-state index in [9.17, 15) is 19.2 Å². The van der Waals surface area contributed by atoms with Crippen molar-refractivity contribution in [3.8, 4) is 17.2 Å². The lowest BCUT2D eigenvalue weighted by atomic mass is 9.75. The molecule has 1 N–H and O–H groups in total. The lowest BCUT2D eigenvalue weighted by Crippen LogP contribution is -2.68. The summed E-state index contributed by atoms with van der Waals surface area (Å²) in [5.74, 6) is 0.597. The number of benzene rings is 2. The number of carbonyl (C=O) groups is 3. The lowest BCUT2D eigenvalue weighted by Gasteiger charge is -2.47. The molecule has 2 aromatic carbocycles. The number of likely N-dealkylation sites (tertiary alicyclic amines) is 1. The van der Waals surface area contributed by atoms with Crippen LogP contribution in [0.2, 0.25) is 0 Å². The highest BCUT2D eigenvalue weighted by Gasteiger charge is 2.56. The van der Waals surface area contributed by atoms with Crippen molar-refractivity contribution >= 4 is 23.5 Å². The van der Waals surface area contributed by atoms with E-state index in [2.05, 4.69) is 10.2 Å². The Balaban J connectivity index is 1.40. The Morgan fingerprint density at radius 3 is 2.33 bits per heavy atom. The largest absolute Gasteiger partial charge is 0.497 e. The molecule has 0 radical (unpaired) electrons. The van der Waals surface area contributed by atoms with E-state index in [1.807, 2.05) is 10.6 Å². The number of nitrogens with zero attached hydrogens (tertiary/aromatic N) is 3. The van der Waals surface area contributed by atoms with E-state index in [0.717, 1.165) is 17.0 Å². The molecule has 2 fully saturated rings. The number of pyridine rings is 1. The number of fused-ring (bicyclic) bond motifs is 4. The highest BCUT2D eigenvalue weighted by Crippen LogP contribution is 2.40. The summed E-state index contributed by atoms with van der Waals surface area (Å²) in [6, 6.07) is 16.3. The molecule has 11 heteroatoms. The number of methoxy groups -OCH3 is 3. The van der Waals surface area contributed by atoms with E-state index in [1.165, 1.54) is 14.2 Å². The Labute approximate surface area is 248 Å². The molecule has 3 aliphatic heterocycles. The van der Waals surface area contributed by atoms with Crippen LogP contribution in [0.5, 0.6) is 17.2 Å². The molecule has 4 heterocycles. The van der Waals surface area contributed by atoms with Gasteiger partial charge in [0, 0.05) is 56.3 Å². The van der Waals surface area contributed by atoms with Gasteiger partial charge in [0.1, 0.15) is 22.7 Å². The van der Waals surface area contributed by atoms with Crippen LogP contribution in [-0.4, -0.2) is 68.3 Å². The maximum absolute atomic E-state index is 14.6. The quantitative estimate of drug-likeness (QED) is 0.401. The molecule has 43 heavy (non-hydrogen) atoms. The molecule has 2 bridgehead atoms. The van der Waals surface area contributed by atoms with Gasteiger partial charge in [0.15, 0.2) is 0 Å². The summed E-state index contributed by atoms with van der Waals surface area (Å²) < 4.78 is 18.1. The molecule has 0 aliphatic carbocycles. The highest BCUT2D eigenvalue weighted by atomic mass is 16.5. The topological polar surface area (TPSA) is 119 Å². The summed E-state index contributed by atoms with van der Waals surface area (Å²) in [7, 11) is 4.60. The normalized spacial score (nSPS) is 23.4. The summed E-state index contributed by atoms with van der Waals surface area (Å²) >= 11 is 0. The fourth-order valence-electron chi connectivity index (χ4n) is 6.82. The maximum Gasteiger partial charge on any atom is 0.335 e. The second-order valence-electron chi connectivity index (χ2n) is 11.4. The third kappa shape index (κ3) is 5.03. The molecule has 3 aliphatic rings. The molecule has 4 amide bonds. The van der Waals surface area contributed by atoms with E-state index in [0.29, 0.717) is 48.1 Å². The SMILES string of the molecule is COc1ccc(N2C(=O)NC(=O)C(Cc3ccc(OC)cc3OC)(CN3CC4C[C@H](C3)c3cccc(=O)n3C4)C2=O)cc1. The van der Waals surface area contributed by atoms with Crippen molar-refractivity contribution in [1.29, 1.82) is 0 Å². The van der Waals surface area contributed by atoms with Crippen molar-refractivity contribution in [2.24, 2.45) is 11.3 Å². The van der Waals surface area contributed by atoms with Gasteiger partial charge < -0.3 is 23.7 Å². The molecule has 1 aromatic heterocycles. The van der Waals surface area contributed by atoms with Crippen LogP contribution >= 0.6 is 0 Å². The number of barbiturate groups is 1. The van der Waals surface area contributed by atoms with Crippen molar-refractivity contribution in [3.05, 3.63) is 82.3 Å². The summed E-state index contributed by atoms with van der Waals surface area (Å²) in [5.41, 5.74) is 0.251. The summed E-state index contributed by atoms with van der Waals surface area (Å²) in [6.45, 7) is 1.84. The molecular formula is C32H34N4O7. The van der Waals surface area contributed by atoms with Gasteiger partial charge in [-0.15, -0.1) is 0 Å². The van der Waals surface area contributed by atoms with Crippen LogP contribution in [-0.2, 0) is 22.6 Å². The first-order chi connectivity index (χ1) is 20.8. The van der Waals surface area contributed by atoms with E-state index < -0.39 is 23.3 Å². The van der Waals surface area contributed by atoms with Crippen molar-refractivity contribution in [3.63, 3.8) is 0 Å². The third-order valence-electron chi connectivity index (χ3n) is 8.84. The monoisotopic (exact) mass is 586 g/mol. The Kier molecular flexibility index (Phi) is 7.43. The average Bonchev–Trinajstić information content (AvgIpc) is 3.01. The third-order valence-corrected chi connectivity index (χ3v) is 8.84. The number of anilines is 1. The van der Waals surface area contributed by atoms with Gasteiger partial charge in [-0.1, -0.05) is 12.1 Å². The number of amides is 4. The molecule has 0 spiro atoms. The number of hydrogen-bond acceptors (Lipinski definition) is 8. The number of ether oxygens (including phenoxy) is 3. The molecule has 2 saturated heterocycles. The Bertz CT molecular complexity index is 1640. The first-order valence-electron chi connectivity index (χ1n) is 14.2. The van der Waals surface area contributed by atoms with E-state index in [4.69, 9.17) is 14.2 Å². The number of carbonyl (C=O) groups excluding carboxylic acids is 3. The molecule has 3 atom stereocenters. The minimum atomic E-state index is -1.66. The molecular weight excluding hydrogens is 552 g/mol. The van der Waals surface area contributed by atoms with Crippen molar-refractivity contribution < 1.29 is 28.6 Å². The first-order valence-corrected chi connectivity index (χ1v) is 14.2. The van der Waals surface area contributed by atoms with Gasteiger partial charge in [0.25, 0.3) is 11.5 Å². The zero-order valence-corrected chi connectivity index (χ0v) is 24.4. The average molecular weight is 587 g/mol. The van der Waals surface area contributed by atoms with Crippen molar-refractivity contribution in [2.75, 3.05) is 45.9 Å². The maximum atomic E-state index is 14.6. The van der Waals surface area contributed by atoms with Crippen LogP contribution < -0.4 is 30.0 Å². The Hall–Kier alpha value is -4.64. The molecule has 6 rings (SSSR count). The van der Waals surface area contributed by atoms with Crippen LogP contribution in [0, 0.1) is 11.3 Å². The first kappa shape index (κ1) is 28.5. The molecule has 0 saturated carbocycles. The second-order valence-corrected chi connectivity index (χ2v) is 11.4. The number of piperidine rings is 1. The van der Waals surface area contributed by atoms with E-state index in [-0.39, 0.29) is 30.4 Å². The Morgan fingerprint density at radius 1 is 0.860 bits per heavy atom. The summed E-state index contributed by atoms with van der Waals surface area (Å²) in [6.07, 6.45) is 0.919. The standard InChI is InChI=1S/C32H34N4O7/c1-41-24-11-8-23(9-12-24)36-30(39)32(29(38)33-31(36)40,15-21-7-10-25(42-2)14-27(21)43-3)19-34-16-20-13-22(18-34)26-5-4-6-28(37)35(26)17-20/h4-12,14,20,22H,13,15-19H2,1-3H3,(H,33,38,40)/t20?,22-,32?/m1/s1. The number of rotatable bonds is 8. The smallest absolute Gasteiger partial charge is 0.335 e. The van der Waals surface area contributed by atoms with E-state index >= 15 is 0 Å². The minimum Gasteiger partial charge on any atom is -0.497 e. The van der Waals surface area contributed by atoms with Gasteiger partial charge in [-0.2, -0.15) is 0 Å². The zero-order valence-electron chi connectivity index (χ0n) is 24.4. The van der Waals surface area contributed by atoms with Crippen molar-refractivity contribution in [1.82, 2.24) is 14.8 Å². The van der Waals surface area contributed by atoms with Crippen LogP contribution in [0.1, 0.15) is 23.6 Å². The van der Waals surface area contributed by atoms with Crippen LogP contribution in [0.25, 0.3) is 0 Å². The van der Waals surface area contributed by atoms with E-state index in [1.54, 1.807) is 61.7 Å². The number of aromatic nitrogens is 1.